The molecule has 6 nitrogen and oxygen atoms in total. The molecular weight excluding hydrogens is 354 g/mol. The van der Waals surface area contributed by atoms with E-state index in [1.165, 1.54) is 5.56 Å². The lowest BCUT2D eigenvalue weighted by atomic mass is 10.1. The van der Waals surface area contributed by atoms with Gasteiger partial charge in [0.1, 0.15) is 0 Å². The van der Waals surface area contributed by atoms with Crippen LogP contribution in [0.15, 0.2) is 30.3 Å². The first kappa shape index (κ1) is 20.8. The SMILES string of the molecule is CC(C)CN1CCOC(CNC(=O)C2CC(=O)N(CCc3ccccc3)C2)C1. The minimum Gasteiger partial charge on any atom is -0.374 e. The van der Waals surface area contributed by atoms with Crippen molar-refractivity contribution in [1.29, 1.82) is 0 Å². The average molecular weight is 388 g/mol. The van der Waals surface area contributed by atoms with Gasteiger partial charge >= 0.3 is 0 Å². The first-order valence-electron chi connectivity index (χ1n) is 10.4. The summed E-state index contributed by atoms with van der Waals surface area (Å²) in [6.45, 7) is 9.71. The molecule has 0 aliphatic carbocycles. The van der Waals surface area contributed by atoms with Crippen molar-refractivity contribution in [2.75, 3.05) is 45.9 Å². The Hall–Kier alpha value is -1.92. The highest BCUT2D eigenvalue weighted by atomic mass is 16.5. The number of benzene rings is 1. The van der Waals surface area contributed by atoms with Gasteiger partial charge in [-0.1, -0.05) is 44.2 Å². The maximum Gasteiger partial charge on any atom is 0.225 e. The smallest absolute Gasteiger partial charge is 0.225 e. The van der Waals surface area contributed by atoms with Crippen molar-refractivity contribution in [2.45, 2.75) is 32.8 Å². The first-order chi connectivity index (χ1) is 13.5. The molecule has 2 aliphatic heterocycles. The van der Waals surface area contributed by atoms with Crippen LogP contribution in [0.3, 0.4) is 0 Å². The molecule has 2 unspecified atom stereocenters. The number of likely N-dealkylation sites (tertiary alicyclic amines) is 1. The summed E-state index contributed by atoms with van der Waals surface area (Å²) in [5.41, 5.74) is 1.21. The molecule has 2 aliphatic rings. The van der Waals surface area contributed by atoms with E-state index in [1.54, 1.807) is 0 Å². The third-order valence-electron chi connectivity index (χ3n) is 5.45. The van der Waals surface area contributed by atoms with E-state index < -0.39 is 0 Å². The first-order valence-corrected chi connectivity index (χ1v) is 10.4. The minimum atomic E-state index is -0.251. The predicted octanol–water partition coefficient (Wildman–Crippen LogP) is 1.55. The fourth-order valence-electron chi connectivity index (χ4n) is 4.02. The van der Waals surface area contributed by atoms with E-state index in [0.717, 1.165) is 26.1 Å². The molecule has 1 N–H and O–H groups in total. The Morgan fingerprint density at radius 3 is 2.79 bits per heavy atom. The molecule has 2 saturated heterocycles. The molecule has 0 saturated carbocycles. The van der Waals surface area contributed by atoms with Gasteiger partial charge in [0, 0.05) is 45.7 Å². The zero-order valence-corrected chi connectivity index (χ0v) is 17.1. The lowest BCUT2D eigenvalue weighted by Gasteiger charge is -2.34. The fourth-order valence-corrected chi connectivity index (χ4v) is 4.02. The largest absolute Gasteiger partial charge is 0.374 e. The van der Waals surface area contributed by atoms with E-state index in [1.807, 2.05) is 23.1 Å². The molecule has 28 heavy (non-hydrogen) atoms. The number of hydrogen-bond donors (Lipinski definition) is 1. The second-order valence-corrected chi connectivity index (χ2v) is 8.37. The summed E-state index contributed by atoms with van der Waals surface area (Å²) in [5.74, 6) is 0.423. The van der Waals surface area contributed by atoms with Crippen molar-refractivity contribution < 1.29 is 14.3 Å². The lowest BCUT2D eigenvalue weighted by Crippen LogP contribution is -2.49. The zero-order valence-electron chi connectivity index (χ0n) is 17.1. The second kappa shape index (κ2) is 10.0. The third-order valence-corrected chi connectivity index (χ3v) is 5.45. The highest BCUT2D eigenvalue weighted by Gasteiger charge is 2.34. The van der Waals surface area contributed by atoms with Crippen LogP contribution in [0.1, 0.15) is 25.8 Å². The molecule has 0 bridgehead atoms. The molecule has 1 aromatic rings. The highest BCUT2D eigenvalue weighted by Crippen LogP contribution is 2.19. The van der Waals surface area contributed by atoms with Gasteiger partial charge in [-0.15, -0.1) is 0 Å². The van der Waals surface area contributed by atoms with Crippen LogP contribution in [-0.4, -0.2) is 73.6 Å². The summed E-state index contributed by atoms with van der Waals surface area (Å²) < 4.78 is 5.80. The molecule has 2 fully saturated rings. The number of carbonyl (C=O) groups is 2. The Balaban J connectivity index is 1.40. The number of carbonyl (C=O) groups excluding carboxylic acids is 2. The maximum atomic E-state index is 12.6. The summed E-state index contributed by atoms with van der Waals surface area (Å²) in [5, 5.41) is 3.01. The van der Waals surface area contributed by atoms with Gasteiger partial charge in [0.05, 0.1) is 18.6 Å². The van der Waals surface area contributed by atoms with E-state index in [0.29, 0.717) is 38.6 Å². The predicted molar refractivity (Wildman–Crippen MR) is 109 cm³/mol. The van der Waals surface area contributed by atoms with Crippen LogP contribution in [0.2, 0.25) is 0 Å². The van der Waals surface area contributed by atoms with Crippen LogP contribution in [0, 0.1) is 11.8 Å². The normalized spacial score (nSPS) is 23.4. The molecule has 3 rings (SSSR count). The fraction of sp³-hybridized carbons (Fsp3) is 0.636. The van der Waals surface area contributed by atoms with Crippen molar-refractivity contribution in [3.8, 4) is 0 Å². The Bertz CT molecular complexity index is 650. The number of hydrogen-bond acceptors (Lipinski definition) is 4. The van der Waals surface area contributed by atoms with E-state index >= 15 is 0 Å². The van der Waals surface area contributed by atoms with E-state index in [4.69, 9.17) is 4.74 Å². The van der Waals surface area contributed by atoms with Gasteiger partial charge in [-0.25, -0.2) is 0 Å². The molecule has 154 valence electrons. The summed E-state index contributed by atoms with van der Waals surface area (Å²) >= 11 is 0. The highest BCUT2D eigenvalue weighted by molar-refractivity contribution is 5.89. The summed E-state index contributed by atoms with van der Waals surface area (Å²) in [4.78, 5) is 29.0. The number of morpholine rings is 1. The van der Waals surface area contributed by atoms with E-state index in [2.05, 4.69) is 36.2 Å². The number of nitrogens with zero attached hydrogens (tertiary/aromatic N) is 2. The van der Waals surface area contributed by atoms with Crippen LogP contribution in [0.25, 0.3) is 0 Å². The van der Waals surface area contributed by atoms with Gasteiger partial charge < -0.3 is 15.0 Å². The quantitative estimate of drug-likeness (QED) is 0.735. The molecule has 1 aromatic carbocycles. The molecule has 6 heteroatoms. The van der Waals surface area contributed by atoms with Crippen molar-refractivity contribution in [3.05, 3.63) is 35.9 Å². The average Bonchev–Trinajstić information content (AvgIpc) is 3.06. The molecule has 0 radical (unpaired) electrons. The molecule has 2 atom stereocenters. The van der Waals surface area contributed by atoms with Crippen molar-refractivity contribution in [1.82, 2.24) is 15.1 Å². The summed E-state index contributed by atoms with van der Waals surface area (Å²) in [7, 11) is 0. The van der Waals surface area contributed by atoms with Crippen LogP contribution in [-0.2, 0) is 20.7 Å². The Morgan fingerprint density at radius 2 is 2.04 bits per heavy atom. The molecule has 2 heterocycles. The van der Waals surface area contributed by atoms with Gasteiger partial charge in [0.25, 0.3) is 0 Å². The van der Waals surface area contributed by atoms with E-state index in [9.17, 15) is 9.59 Å². The van der Waals surface area contributed by atoms with Gasteiger partial charge in [-0.05, 0) is 17.9 Å². The van der Waals surface area contributed by atoms with Gasteiger partial charge in [-0.2, -0.15) is 0 Å². The van der Waals surface area contributed by atoms with Crippen molar-refractivity contribution in [2.24, 2.45) is 11.8 Å². The third kappa shape index (κ3) is 6.04. The lowest BCUT2D eigenvalue weighted by molar-refractivity contribution is -0.129. The molecular formula is C22H33N3O3. The monoisotopic (exact) mass is 387 g/mol. The number of ether oxygens (including phenoxy) is 1. The Kier molecular flexibility index (Phi) is 7.45. The van der Waals surface area contributed by atoms with Crippen LogP contribution in [0.4, 0.5) is 0 Å². The topological polar surface area (TPSA) is 61.9 Å². The standard InChI is InChI=1S/C22H33N3O3/c1-17(2)14-24-10-11-28-20(16-24)13-23-22(27)19-12-21(26)25(15-19)9-8-18-6-4-3-5-7-18/h3-7,17,19-20H,8-16H2,1-2H3,(H,23,27). The molecule has 0 spiro atoms. The number of nitrogens with one attached hydrogen (secondary N) is 1. The van der Waals surface area contributed by atoms with E-state index in [-0.39, 0.29) is 23.8 Å². The maximum absolute atomic E-state index is 12.6. The second-order valence-electron chi connectivity index (χ2n) is 8.37. The molecule has 2 amide bonds. The Morgan fingerprint density at radius 1 is 1.25 bits per heavy atom. The van der Waals surface area contributed by atoms with Gasteiger partial charge in [-0.3, -0.25) is 14.5 Å². The zero-order chi connectivity index (χ0) is 19.9. The van der Waals surface area contributed by atoms with Crippen molar-refractivity contribution >= 4 is 11.8 Å². The van der Waals surface area contributed by atoms with Crippen LogP contribution in [0.5, 0.6) is 0 Å². The molecule has 0 aromatic heterocycles. The van der Waals surface area contributed by atoms with Crippen LogP contribution < -0.4 is 5.32 Å². The Labute approximate surface area is 168 Å². The number of rotatable bonds is 8. The van der Waals surface area contributed by atoms with Gasteiger partial charge in [0.15, 0.2) is 0 Å². The van der Waals surface area contributed by atoms with Gasteiger partial charge in [0.2, 0.25) is 11.8 Å². The minimum absolute atomic E-state index is 0.0276. The summed E-state index contributed by atoms with van der Waals surface area (Å²) in [6, 6.07) is 10.1. The van der Waals surface area contributed by atoms with Crippen LogP contribution >= 0.6 is 0 Å². The number of amides is 2. The summed E-state index contributed by atoms with van der Waals surface area (Å²) in [6.07, 6.45) is 1.16. The van der Waals surface area contributed by atoms with Crippen molar-refractivity contribution in [3.63, 3.8) is 0 Å².